The number of methoxy groups -OCH3 is 2. The van der Waals surface area contributed by atoms with Crippen LogP contribution in [0.25, 0.3) is 10.9 Å². The molecule has 2 aromatic carbocycles. The maximum Gasteiger partial charge on any atom is 0.243 e. The highest BCUT2D eigenvalue weighted by molar-refractivity contribution is 7.89. The molecule has 1 aromatic heterocycles. The SMILES string of the molecule is COc1ccc2nc(CN3CCN(S(=O)(=O)c4ccc(NC(C)=O)cc4)CC3)cc(OC)c2c1. The Morgan fingerprint density at radius 2 is 1.71 bits per heavy atom. The van der Waals surface area contributed by atoms with Gasteiger partial charge in [0.2, 0.25) is 15.9 Å². The van der Waals surface area contributed by atoms with Crippen LogP contribution >= 0.6 is 0 Å². The molecule has 1 aliphatic rings. The van der Waals surface area contributed by atoms with Crippen molar-refractivity contribution in [3.8, 4) is 11.5 Å². The van der Waals surface area contributed by atoms with Crippen LogP contribution in [-0.2, 0) is 21.4 Å². The average molecular weight is 485 g/mol. The molecule has 0 aliphatic carbocycles. The number of aromatic nitrogens is 1. The summed E-state index contributed by atoms with van der Waals surface area (Å²) in [6.07, 6.45) is 0. The van der Waals surface area contributed by atoms with Crippen LogP contribution in [0.3, 0.4) is 0 Å². The summed E-state index contributed by atoms with van der Waals surface area (Å²) in [5.74, 6) is 1.26. The summed E-state index contributed by atoms with van der Waals surface area (Å²) in [4.78, 5) is 18.3. The van der Waals surface area contributed by atoms with Crippen molar-refractivity contribution >= 4 is 32.5 Å². The number of pyridine rings is 1. The van der Waals surface area contributed by atoms with Gasteiger partial charge in [-0.15, -0.1) is 0 Å². The van der Waals surface area contributed by atoms with Crippen molar-refractivity contribution in [2.24, 2.45) is 0 Å². The van der Waals surface area contributed by atoms with Crippen molar-refractivity contribution in [3.63, 3.8) is 0 Å². The van der Waals surface area contributed by atoms with E-state index in [9.17, 15) is 13.2 Å². The summed E-state index contributed by atoms with van der Waals surface area (Å²) < 4.78 is 38.5. The van der Waals surface area contributed by atoms with Crippen molar-refractivity contribution in [2.45, 2.75) is 18.4 Å². The molecule has 10 heteroatoms. The smallest absolute Gasteiger partial charge is 0.243 e. The maximum absolute atomic E-state index is 13.0. The summed E-state index contributed by atoms with van der Waals surface area (Å²) in [6, 6.07) is 13.8. The van der Waals surface area contributed by atoms with Gasteiger partial charge in [-0.25, -0.2) is 8.42 Å². The molecule has 3 aromatic rings. The zero-order chi connectivity index (χ0) is 24.3. The van der Waals surface area contributed by atoms with E-state index in [2.05, 4.69) is 10.2 Å². The molecule has 0 spiro atoms. The van der Waals surface area contributed by atoms with Gasteiger partial charge in [-0.05, 0) is 42.5 Å². The van der Waals surface area contributed by atoms with E-state index in [1.54, 1.807) is 26.4 Å². The number of nitrogens with one attached hydrogen (secondary N) is 1. The molecule has 1 saturated heterocycles. The highest BCUT2D eigenvalue weighted by atomic mass is 32.2. The third kappa shape index (κ3) is 5.14. The molecule has 0 radical (unpaired) electrons. The van der Waals surface area contributed by atoms with Gasteiger partial charge in [0.1, 0.15) is 11.5 Å². The van der Waals surface area contributed by atoms with E-state index in [1.807, 2.05) is 24.3 Å². The predicted molar refractivity (Wildman–Crippen MR) is 130 cm³/mol. The van der Waals surface area contributed by atoms with Gasteiger partial charge < -0.3 is 14.8 Å². The van der Waals surface area contributed by atoms with E-state index in [0.717, 1.165) is 28.1 Å². The van der Waals surface area contributed by atoms with E-state index < -0.39 is 10.0 Å². The zero-order valence-corrected chi connectivity index (χ0v) is 20.3. The molecular formula is C24H28N4O5S. The molecule has 2 heterocycles. The molecule has 9 nitrogen and oxygen atoms in total. The topological polar surface area (TPSA) is 101 Å². The molecule has 1 fully saturated rings. The van der Waals surface area contributed by atoms with Crippen molar-refractivity contribution in [3.05, 3.63) is 54.2 Å². The van der Waals surface area contributed by atoms with Gasteiger partial charge in [0.05, 0.1) is 30.3 Å². The standard InChI is InChI=1S/C24H28N4O5S/c1-17(29)25-18-4-7-21(8-5-18)34(30,31)28-12-10-27(11-13-28)16-19-14-24(33-3)22-15-20(32-2)6-9-23(22)26-19/h4-9,14-15H,10-13,16H2,1-3H3,(H,25,29). The number of hydrogen-bond donors (Lipinski definition) is 1. The molecular weight excluding hydrogens is 456 g/mol. The Balaban J connectivity index is 1.42. The Bertz CT molecular complexity index is 1290. The lowest BCUT2D eigenvalue weighted by Gasteiger charge is -2.33. The van der Waals surface area contributed by atoms with Crippen LogP contribution < -0.4 is 14.8 Å². The van der Waals surface area contributed by atoms with Crippen LogP contribution in [0, 0.1) is 0 Å². The second kappa shape index (κ2) is 9.96. The van der Waals surface area contributed by atoms with Gasteiger partial charge in [-0.2, -0.15) is 4.31 Å². The lowest BCUT2D eigenvalue weighted by molar-refractivity contribution is -0.114. The van der Waals surface area contributed by atoms with Crippen molar-refractivity contribution in [1.82, 2.24) is 14.2 Å². The fraction of sp³-hybridized carbons (Fsp3) is 0.333. The second-order valence-corrected chi connectivity index (χ2v) is 10.0. The Morgan fingerprint density at radius 1 is 1.00 bits per heavy atom. The van der Waals surface area contributed by atoms with Crippen molar-refractivity contribution in [1.29, 1.82) is 0 Å². The molecule has 180 valence electrons. The Labute approximate surface area is 199 Å². The predicted octanol–water partition coefficient (Wildman–Crippen LogP) is 2.72. The molecule has 0 atom stereocenters. The number of rotatable bonds is 7. The van der Waals surface area contributed by atoms with Gasteiger partial charge in [-0.3, -0.25) is 14.7 Å². The summed E-state index contributed by atoms with van der Waals surface area (Å²) in [7, 11) is -0.353. The molecule has 1 N–H and O–H groups in total. The number of ether oxygens (including phenoxy) is 2. The fourth-order valence-electron chi connectivity index (χ4n) is 4.02. The first-order valence-corrected chi connectivity index (χ1v) is 12.4. The Kier molecular flexibility index (Phi) is 7.01. The summed E-state index contributed by atoms with van der Waals surface area (Å²) in [5.41, 5.74) is 2.24. The molecule has 1 aliphatic heterocycles. The number of anilines is 1. The lowest BCUT2D eigenvalue weighted by Crippen LogP contribution is -2.48. The number of fused-ring (bicyclic) bond motifs is 1. The number of piperazine rings is 1. The summed E-state index contributed by atoms with van der Waals surface area (Å²) >= 11 is 0. The van der Waals surface area contributed by atoms with Crippen LogP contribution in [-0.4, -0.2) is 68.9 Å². The quantitative estimate of drug-likeness (QED) is 0.550. The number of hydrogen-bond acceptors (Lipinski definition) is 7. The van der Waals surface area contributed by atoms with E-state index in [-0.39, 0.29) is 10.8 Å². The number of carbonyl (C=O) groups excluding carboxylic acids is 1. The number of amides is 1. The number of carbonyl (C=O) groups is 1. The first-order chi connectivity index (χ1) is 16.3. The highest BCUT2D eigenvalue weighted by Crippen LogP contribution is 2.29. The molecule has 4 rings (SSSR count). The normalized spacial score (nSPS) is 15.3. The Morgan fingerprint density at radius 3 is 2.32 bits per heavy atom. The van der Waals surface area contributed by atoms with Gasteiger partial charge >= 0.3 is 0 Å². The highest BCUT2D eigenvalue weighted by Gasteiger charge is 2.28. The van der Waals surface area contributed by atoms with Crippen LogP contribution in [0.1, 0.15) is 12.6 Å². The molecule has 0 unspecified atom stereocenters. The van der Waals surface area contributed by atoms with Crippen LogP contribution in [0.5, 0.6) is 11.5 Å². The van der Waals surface area contributed by atoms with Crippen molar-refractivity contribution < 1.29 is 22.7 Å². The van der Waals surface area contributed by atoms with E-state index >= 15 is 0 Å². The van der Waals surface area contributed by atoms with Gasteiger partial charge in [0.25, 0.3) is 0 Å². The Hall–Kier alpha value is -3.21. The minimum absolute atomic E-state index is 0.204. The molecule has 0 saturated carbocycles. The second-order valence-electron chi connectivity index (χ2n) is 8.08. The number of sulfonamides is 1. The van der Waals surface area contributed by atoms with Crippen molar-refractivity contribution in [2.75, 3.05) is 45.7 Å². The minimum Gasteiger partial charge on any atom is -0.497 e. The van der Waals surface area contributed by atoms with E-state index in [0.29, 0.717) is 38.4 Å². The van der Waals surface area contributed by atoms with Gasteiger partial charge in [0, 0.05) is 56.8 Å². The molecule has 0 bridgehead atoms. The lowest BCUT2D eigenvalue weighted by atomic mass is 10.1. The van der Waals surface area contributed by atoms with Gasteiger partial charge in [0.15, 0.2) is 0 Å². The third-order valence-electron chi connectivity index (χ3n) is 5.78. The van der Waals surface area contributed by atoms with Gasteiger partial charge in [-0.1, -0.05) is 0 Å². The van der Waals surface area contributed by atoms with Crippen LogP contribution in [0.2, 0.25) is 0 Å². The number of nitrogens with zero attached hydrogens (tertiary/aromatic N) is 3. The molecule has 34 heavy (non-hydrogen) atoms. The first-order valence-electron chi connectivity index (χ1n) is 10.9. The van der Waals surface area contributed by atoms with E-state index in [4.69, 9.17) is 14.5 Å². The van der Waals surface area contributed by atoms with Crippen LogP contribution in [0.15, 0.2) is 53.4 Å². The first kappa shape index (κ1) is 23.9. The molecule has 1 amide bonds. The number of benzene rings is 2. The fourth-order valence-corrected chi connectivity index (χ4v) is 5.44. The van der Waals surface area contributed by atoms with E-state index in [1.165, 1.54) is 23.4 Å². The monoisotopic (exact) mass is 484 g/mol. The maximum atomic E-state index is 13.0. The summed E-state index contributed by atoms with van der Waals surface area (Å²) in [5, 5.41) is 3.52. The summed E-state index contributed by atoms with van der Waals surface area (Å²) in [6.45, 7) is 3.96. The average Bonchev–Trinajstić information content (AvgIpc) is 2.83. The zero-order valence-electron chi connectivity index (χ0n) is 19.4. The largest absolute Gasteiger partial charge is 0.497 e. The third-order valence-corrected chi connectivity index (χ3v) is 7.69. The van der Waals surface area contributed by atoms with Crippen LogP contribution in [0.4, 0.5) is 5.69 Å². The minimum atomic E-state index is -3.60.